The highest BCUT2D eigenvalue weighted by molar-refractivity contribution is 5.71. The summed E-state index contributed by atoms with van der Waals surface area (Å²) >= 11 is 0. The van der Waals surface area contributed by atoms with Gasteiger partial charge in [0.05, 0.1) is 6.61 Å². The standard InChI is InChI=1S/C18H34O3/c1-13-17(8,9)18(13,11-15(2,3)4)12-20-10-14(19)21-16(5,6)7/h13H,10-12H2,1-9H3. The first kappa shape index (κ1) is 18.5. The minimum absolute atomic E-state index is 0.0476. The molecule has 2 unspecified atom stereocenters. The Hall–Kier alpha value is -0.570. The highest BCUT2D eigenvalue weighted by Crippen LogP contribution is 2.72. The van der Waals surface area contributed by atoms with Gasteiger partial charge in [-0.25, -0.2) is 4.79 Å². The Labute approximate surface area is 130 Å². The molecule has 21 heavy (non-hydrogen) atoms. The maximum Gasteiger partial charge on any atom is 0.332 e. The first-order valence-electron chi connectivity index (χ1n) is 8.01. The molecule has 0 amide bonds. The molecule has 3 nitrogen and oxygen atoms in total. The van der Waals surface area contributed by atoms with Gasteiger partial charge in [-0.2, -0.15) is 0 Å². The van der Waals surface area contributed by atoms with Gasteiger partial charge in [-0.15, -0.1) is 0 Å². The molecule has 0 bridgehead atoms. The molecule has 0 heterocycles. The van der Waals surface area contributed by atoms with E-state index in [9.17, 15) is 4.79 Å². The van der Waals surface area contributed by atoms with Gasteiger partial charge in [-0.1, -0.05) is 41.5 Å². The fraction of sp³-hybridized carbons (Fsp3) is 0.944. The molecular formula is C18H34O3. The summed E-state index contributed by atoms with van der Waals surface area (Å²) in [5.41, 5.74) is 0.258. The molecule has 1 aliphatic rings. The van der Waals surface area contributed by atoms with Crippen molar-refractivity contribution in [3.8, 4) is 0 Å². The summed E-state index contributed by atoms with van der Waals surface area (Å²) in [6.45, 7) is 20.0. The fourth-order valence-corrected chi connectivity index (χ4v) is 3.61. The summed E-state index contributed by atoms with van der Waals surface area (Å²) in [6, 6.07) is 0. The third-order valence-corrected chi connectivity index (χ3v) is 4.96. The molecule has 0 aromatic heterocycles. The highest BCUT2D eigenvalue weighted by Gasteiger charge is 2.68. The van der Waals surface area contributed by atoms with Gasteiger partial charge in [0, 0.05) is 5.41 Å². The Bertz CT molecular complexity index is 384. The van der Waals surface area contributed by atoms with Crippen molar-refractivity contribution in [3.63, 3.8) is 0 Å². The SMILES string of the molecule is CC1C(C)(C)C1(COCC(=O)OC(C)(C)C)CC(C)(C)C. The van der Waals surface area contributed by atoms with Crippen LogP contribution in [-0.2, 0) is 14.3 Å². The van der Waals surface area contributed by atoms with Crippen LogP contribution < -0.4 is 0 Å². The monoisotopic (exact) mass is 298 g/mol. The summed E-state index contributed by atoms with van der Waals surface area (Å²) in [4.78, 5) is 11.7. The predicted octanol–water partition coefficient (Wildman–Crippen LogP) is 4.44. The first-order valence-corrected chi connectivity index (χ1v) is 8.01. The van der Waals surface area contributed by atoms with Crippen LogP contribution in [-0.4, -0.2) is 24.8 Å². The number of hydrogen-bond donors (Lipinski definition) is 0. The molecule has 1 saturated carbocycles. The van der Waals surface area contributed by atoms with Crippen LogP contribution >= 0.6 is 0 Å². The van der Waals surface area contributed by atoms with Crippen molar-refractivity contribution in [2.45, 2.75) is 74.3 Å². The summed E-state index contributed by atoms with van der Waals surface area (Å²) in [7, 11) is 0. The van der Waals surface area contributed by atoms with Crippen molar-refractivity contribution in [2.75, 3.05) is 13.2 Å². The zero-order valence-electron chi connectivity index (χ0n) is 15.4. The zero-order chi connectivity index (χ0) is 16.7. The van der Waals surface area contributed by atoms with Crippen molar-refractivity contribution in [1.29, 1.82) is 0 Å². The second-order valence-electron chi connectivity index (χ2n) is 9.42. The van der Waals surface area contributed by atoms with Crippen molar-refractivity contribution in [3.05, 3.63) is 0 Å². The number of hydrogen-bond acceptors (Lipinski definition) is 3. The number of carbonyl (C=O) groups is 1. The van der Waals surface area contributed by atoms with Gasteiger partial charge < -0.3 is 9.47 Å². The Kier molecular flexibility index (Phi) is 4.90. The Balaban J connectivity index is 2.57. The average Bonchev–Trinajstić information content (AvgIpc) is 2.58. The molecule has 1 fully saturated rings. The van der Waals surface area contributed by atoms with Crippen LogP contribution in [0.4, 0.5) is 0 Å². The van der Waals surface area contributed by atoms with Gasteiger partial charge in [0.2, 0.25) is 0 Å². The molecule has 2 atom stereocenters. The lowest BCUT2D eigenvalue weighted by atomic mass is 9.79. The lowest BCUT2D eigenvalue weighted by Crippen LogP contribution is -2.29. The summed E-state index contributed by atoms with van der Waals surface area (Å²) in [5.74, 6) is 0.336. The van der Waals surface area contributed by atoms with Crippen molar-refractivity contribution >= 4 is 5.97 Å². The molecule has 1 rings (SSSR count). The number of rotatable bonds is 5. The molecule has 0 aliphatic heterocycles. The lowest BCUT2D eigenvalue weighted by Gasteiger charge is -2.29. The van der Waals surface area contributed by atoms with E-state index in [2.05, 4.69) is 41.5 Å². The molecule has 3 heteroatoms. The van der Waals surface area contributed by atoms with E-state index >= 15 is 0 Å². The van der Waals surface area contributed by atoms with Crippen LogP contribution in [0.1, 0.15) is 68.7 Å². The lowest BCUT2D eigenvalue weighted by molar-refractivity contribution is -0.161. The fourth-order valence-electron chi connectivity index (χ4n) is 3.61. The Morgan fingerprint density at radius 1 is 1.10 bits per heavy atom. The van der Waals surface area contributed by atoms with E-state index in [1.165, 1.54) is 0 Å². The predicted molar refractivity (Wildman–Crippen MR) is 86.1 cm³/mol. The number of ether oxygens (including phenoxy) is 2. The number of esters is 1. The molecule has 0 aromatic rings. The third-order valence-electron chi connectivity index (χ3n) is 4.96. The van der Waals surface area contributed by atoms with Crippen LogP contribution in [0.25, 0.3) is 0 Å². The van der Waals surface area contributed by atoms with Crippen molar-refractivity contribution < 1.29 is 14.3 Å². The first-order chi connectivity index (χ1) is 9.21. The molecule has 124 valence electrons. The van der Waals surface area contributed by atoms with Gasteiger partial charge >= 0.3 is 5.97 Å². The molecule has 0 radical (unpaired) electrons. The van der Waals surface area contributed by atoms with Crippen LogP contribution in [0.2, 0.25) is 0 Å². The summed E-state index contributed by atoms with van der Waals surface area (Å²) < 4.78 is 11.0. The molecule has 1 aliphatic carbocycles. The van der Waals surface area contributed by atoms with Crippen molar-refractivity contribution in [2.24, 2.45) is 22.2 Å². The van der Waals surface area contributed by atoms with Gasteiger partial charge in [-0.3, -0.25) is 0 Å². The van der Waals surface area contributed by atoms with E-state index < -0.39 is 5.60 Å². The third kappa shape index (κ3) is 4.45. The van der Waals surface area contributed by atoms with Gasteiger partial charge in [0.15, 0.2) is 0 Å². The second-order valence-corrected chi connectivity index (χ2v) is 9.42. The largest absolute Gasteiger partial charge is 0.458 e. The maximum atomic E-state index is 11.7. The average molecular weight is 298 g/mol. The van der Waals surface area contributed by atoms with E-state index in [1.54, 1.807) is 0 Å². The summed E-state index contributed by atoms with van der Waals surface area (Å²) in [6.07, 6.45) is 1.11. The van der Waals surface area contributed by atoms with Crippen LogP contribution in [0.3, 0.4) is 0 Å². The number of carbonyl (C=O) groups excluding carboxylic acids is 1. The molecule has 0 spiro atoms. The molecule has 0 N–H and O–H groups in total. The van der Waals surface area contributed by atoms with Crippen LogP contribution in [0, 0.1) is 22.2 Å². The van der Waals surface area contributed by atoms with Crippen LogP contribution in [0.5, 0.6) is 0 Å². The minimum atomic E-state index is -0.449. The van der Waals surface area contributed by atoms with Gasteiger partial charge in [-0.05, 0) is 43.9 Å². The summed E-state index contributed by atoms with van der Waals surface area (Å²) in [5, 5.41) is 0. The van der Waals surface area contributed by atoms with E-state index in [0.29, 0.717) is 12.5 Å². The van der Waals surface area contributed by atoms with Gasteiger partial charge in [0.25, 0.3) is 0 Å². The zero-order valence-corrected chi connectivity index (χ0v) is 15.4. The maximum absolute atomic E-state index is 11.7. The Morgan fingerprint density at radius 2 is 1.57 bits per heavy atom. The van der Waals surface area contributed by atoms with E-state index in [-0.39, 0.29) is 28.8 Å². The van der Waals surface area contributed by atoms with Gasteiger partial charge in [0.1, 0.15) is 12.2 Å². The highest BCUT2D eigenvalue weighted by atomic mass is 16.6. The topological polar surface area (TPSA) is 35.5 Å². The molecule has 0 saturated heterocycles. The smallest absolute Gasteiger partial charge is 0.332 e. The molecule has 0 aromatic carbocycles. The van der Waals surface area contributed by atoms with E-state index in [4.69, 9.17) is 9.47 Å². The van der Waals surface area contributed by atoms with Crippen LogP contribution in [0.15, 0.2) is 0 Å². The van der Waals surface area contributed by atoms with E-state index in [0.717, 1.165) is 6.42 Å². The Morgan fingerprint density at radius 3 is 1.90 bits per heavy atom. The minimum Gasteiger partial charge on any atom is -0.458 e. The normalized spacial score (nSPS) is 28.3. The second kappa shape index (κ2) is 5.57. The molecular weight excluding hydrogens is 264 g/mol. The van der Waals surface area contributed by atoms with Crippen molar-refractivity contribution in [1.82, 2.24) is 0 Å². The quantitative estimate of drug-likeness (QED) is 0.704. The van der Waals surface area contributed by atoms with E-state index in [1.807, 2.05) is 20.8 Å².